The molecule has 0 atom stereocenters. The molecule has 0 saturated heterocycles. The summed E-state index contributed by atoms with van der Waals surface area (Å²) in [5.41, 5.74) is 0.192. The molecule has 3 heteroatoms. The zero-order valence-corrected chi connectivity index (χ0v) is 7.24. The van der Waals surface area contributed by atoms with Crippen molar-refractivity contribution in [2.75, 3.05) is 0 Å². The summed E-state index contributed by atoms with van der Waals surface area (Å²) in [5, 5.41) is 0.778. The maximum Gasteiger partial charge on any atom is 0.343 e. The minimum Gasteiger partial charge on any atom is -0.422 e. The fourth-order valence-electron chi connectivity index (χ4n) is 1.26. The summed E-state index contributed by atoms with van der Waals surface area (Å²) in [5.74, 6) is 0. The van der Waals surface area contributed by atoms with Gasteiger partial charge in [-0.3, -0.25) is 0 Å². The van der Waals surface area contributed by atoms with Crippen LogP contribution in [0.2, 0.25) is 0 Å². The van der Waals surface area contributed by atoms with Crippen molar-refractivity contribution in [2.24, 2.45) is 0 Å². The molecule has 1 aromatic heterocycles. The van der Waals surface area contributed by atoms with Crippen LogP contribution in [-0.4, -0.2) is 0 Å². The zero-order valence-electron chi connectivity index (χ0n) is 7.24. The molecule has 0 radical (unpaired) electrons. The van der Waals surface area contributed by atoms with Crippen LogP contribution in [0.3, 0.4) is 0 Å². The second-order valence-corrected chi connectivity index (χ2v) is 2.82. The van der Waals surface area contributed by atoms with Gasteiger partial charge >= 0.3 is 5.63 Å². The van der Waals surface area contributed by atoms with Crippen molar-refractivity contribution >= 4 is 17.0 Å². The van der Waals surface area contributed by atoms with Gasteiger partial charge in [0.25, 0.3) is 0 Å². The maximum atomic E-state index is 11.9. The molecule has 70 valence electrons. The summed E-state index contributed by atoms with van der Waals surface area (Å²) in [6.07, 6.45) is 1.40. The Morgan fingerprint density at radius 2 is 2.07 bits per heavy atom. The summed E-state index contributed by atoms with van der Waals surface area (Å²) in [6, 6.07) is 8.69. The predicted molar refractivity (Wildman–Crippen MR) is 52.6 cm³/mol. The molecule has 0 N–H and O–H groups in total. The van der Waals surface area contributed by atoms with Gasteiger partial charge in [-0.2, -0.15) is 0 Å². The second kappa shape index (κ2) is 3.46. The first-order valence-corrected chi connectivity index (χ1v) is 4.11. The minimum atomic E-state index is -0.530. The summed E-state index contributed by atoms with van der Waals surface area (Å²) < 4.78 is 16.9. The fourth-order valence-corrected chi connectivity index (χ4v) is 1.26. The van der Waals surface area contributed by atoms with Crippen molar-refractivity contribution in [1.29, 1.82) is 0 Å². The average molecular weight is 190 g/mol. The SMILES string of the molecule is O=c1oc2ccccc2cc1C=CF. The van der Waals surface area contributed by atoms with Crippen LogP contribution in [0.15, 0.2) is 45.9 Å². The lowest BCUT2D eigenvalue weighted by atomic mass is 10.2. The third kappa shape index (κ3) is 1.44. The molecule has 14 heavy (non-hydrogen) atoms. The lowest BCUT2D eigenvalue weighted by Gasteiger charge is -1.96. The van der Waals surface area contributed by atoms with Crippen molar-refractivity contribution < 1.29 is 8.81 Å². The fraction of sp³-hybridized carbons (Fsp3) is 0. The average Bonchev–Trinajstić information content (AvgIpc) is 2.19. The Morgan fingerprint density at radius 3 is 2.86 bits per heavy atom. The predicted octanol–water partition coefficient (Wildman–Crippen LogP) is 2.73. The third-order valence-corrected chi connectivity index (χ3v) is 1.91. The third-order valence-electron chi connectivity index (χ3n) is 1.91. The van der Waals surface area contributed by atoms with Gasteiger partial charge in [0.1, 0.15) is 5.58 Å². The smallest absolute Gasteiger partial charge is 0.343 e. The largest absolute Gasteiger partial charge is 0.422 e. The van der Waals surface area contributed by atoms with Gasteiger partial charge in [0.05, 0.1) is 11.9 Å². The molecule has 0 spiro atoms. The Bertz CT molecular complexity index is 540. The van der Waals surface area contributed by atoms with Crippen LogP contribution in [-0.2, 0) is 0 Å². The van der Waals surface area contributed by atoms with E-state index < -0.39 is 5.63 Å². The van der Waals surface area contributed by atoms with Crippen molar-refractivity contribution in [2.45, 2.75) is 0 Å². The maximum absolute atomic E-state index is 11.9. The molecule has 1 heterocycles. The Morgan fingerprint density at radius 1 is 1.29 bits per heavy atom. The topological polar surface area (TPSA) is 30.2 Å². The first-order chi connectivity index (χ1) is 6.81. The van der Waals surface area contributed by atoms with E-state index in [9.17, 15) is 9.18 Å². The Labute approximate surface area is 79.3 Å². The van der Waals surface area contributed by atoms with Crippen LogP contribution in [0.25, 0.3) is 17.0 Å². The normalized spacial score (nSPS) is 11.2. The zero-order chi connectivity index (χ0) is 9.97. The lowest BCUT2D eigenvalue weighted by Crippen LogP contribution is -2.01. The quantitative estimate of drug-likeness (QED) is 0.647. The molecular formula is C11H7FO2. The van der Waals surface area contributed by atoms with Crippen LogP contribution < -0.4 is 5.63 Å². The van der Waals surface area contributed by atoms with Crippen molar-refractivity contribution in [3.63, 3.8) is 0 Å². The van der Waals surface area contributed by atoms with Crippen LogP contribution in [0.4, 0.5) is 4.39 Å². The Kier molecular flexibility index (Phi) is 2.14. The van der Waals surface area contributed by atoms with Gasteiger partial charge in [0.2, 0.25) is 0 Å². The number of halogens is 1. The summed E-state index contributed by atoms with van der Waals surface area (Å²) >= 11 is 0. The van der Waals surface area contributed by atoms with E-state index in [2.05, 4.69) is 0 Å². The lowest BCUT2D eigenvalue weighted by molar-refractivity contribution is 0.559. The molecule has 0 aliphatic carbocycles. The molecule has 0 saturated carbocycles. The molecule has 2 nitrogen and oxygen atoms in total. The minimum absolute atomic E-state index is 0.214. The van der Waals surface area contributed by atoms with Crippen molar-refractivity contribution in [1.82, 2.24) is 0 Å². The van der Waals surface area contributed by atoms with Crippen LogP contribution in [0.5, 0.6) is 0 Å². The molecule has 0 unspecified atom stereocenters. The van der Waals surface area contributed by atoms with E-state index in [1.165, 1.54) is 0 Å². The molecule has 0 aliphatic rings. The van der Waals surface area contributed by atoms with E-state index in [0.29, 0.717) is 11.9 Å². The van der Waals surface area contributed by atoms with Crippen LogP contribution >= 0.6 is 0 Å². The molecule has 2 aromatic rings. The number of hydrogen-bond acceptors (Lipinski definition) is 2. The van der Waals surface area contributed by atoms with Gasteiger partial charge in [-0.05, 0) is 18.2 Å². The van der Waals surface area contributed by atoms with E-state index in [0.717, 1.165) is 11.5 Å². The van der Waals surface area contributed by atoms with Gasteiger partial charge in [-0.25, -0.2) is 9.18 Å². The Hall–Kier alpha value is -1.90. The highest BCUT2D eigenvalue weighted by Gasteiger charge is 2.00. The summed E-state index contributed by atoms with van der Waals surface area (Å²) in [7, 11) is 0. The van der Waals surface area contributed by atoms with E-state index in [1.807, 2.05) is 6.07 Å². The molecule has 0 amide bonds. The highest BCUT2D eigenvalue weighted by Crippen LogP contribution is 2.12. The highest BCUT2D eigenvalue weighted by molar-refractivity contribution is 5.78. The van der Waals surface area contributed by atoms with E-state index in [4.69, 9.17) is 4.42 Å². The van der Waals surface area contributed by atoms with Gasteiger partial charge < -0.3 is 4.42 Å². The number of hydrogen-bond donors (Lipinski definition) is 0. The van der Waals surface area contributed by atoms with E-state index in [1.54, 1.807) is 24.3 Å². The summed E-state index contributed by atoms with van der Waals surface area (Å²) in [4.78, 5) is 11.2. The number of benzene rings is 1. The first-order valence-electron chi connectivity index (χ1n) is 4.11. The van der Waals surface area contributed by atoms with Gasteiger partial charge in [-0.1, -0.05) is 18.2 Å². The number of fused-ring (bicyclic) bond motifs is 1. The number of rotatable bonds is 1. The highest BCUT2D eigenvalue weighted by atomic mass is 19.1. The standard InChI is InChI=1S/C11H7FO2/c12-6-5-9-7-8-3-1-2-4-10(8)14-11(9)13/h1-7H. The van der Waals surface area contributed by atoms with Gasteiger partial charge in [-0.15, -0.1) is 0 Å². The molecule has 2 rings (SSSR count). The molecule has 1 aromatic carbocycles. The molecular weight excluding hydrogens is 183 g/mol. The van der Waals surface area contributed by atoms with E-state index in [-0.39, 0.29) is 5.56 Å². The van der Waals surface area contributed by atoms with E-state index >= 15 is 0 Å². The Balaban J connectivity index is 2.77. The number of para-hydroxylation sites is 1. The van der Waals surface area contributed by atoms with Crippen LogP contribution in [0, 0.1) is 0 Å². The monoisotopic (exact) mass is 190 g/mol. The molecule has 0 fully saturated rings. The van der Waals surface area contributed by atoms with Crippen molar-refractivity contribution in [3.05, 3.63) is 52.6 Å². The van der Waals surface area contributed by atoms with Gasteiger partial charge in [0, 0.05) is 5.39 Å². The van der Waals surface area contributed by atoms with Gasteiger partial charge in [0.15, 0.2) is 0 Å². The van der Waals surface area contributed by atoms with Crippen molar-refractivity contribution in [3.8, 4) is 0 Å². The molecule has 0 aliphatic heterocycles. The second-order valence-electron chi connectivity index (χ2n) is 2.82. The molecule has 0 bridgehead atoms. The first kappa shape index (κ1) is 8.69. The van der Waals surface area contributed by atoms with Crippen LogP contribution in [0.1, 0.15) is 5.56 Å². The summed E-state index contributed by atoms with van der Waals surface area (Å²) in [6.45, 7) is 0.